The first-order valence-electron chi connectivity index (χ1n) is 14.0. The van der Waals surface area contributed by atoms with Crippen molar-refractivity contribution in [1.82, 2.24) is 9.97 Å². The van der Waals surface area contributed by atoms with Crippen molar-refractivity contribution in [1.29, 1.82) is 0 Å². The monoisotopic (exact) mass is 504 g/mol. The topological polar surface area (TPSA) is 52.1 Å². The average molecular weight is 505 g/mol. The lowest BCUT2D eigenvalue weighted by atomic mass is 10.1. The van der Waals surface area contributed by atoms with Crippen LogP contribution in [0.15, 0.2) is 54.9 Å². The quantitative estimate of drug-likeness (QED) is 0.111. The largest absolute Gasteiger partial charge is 0.420 e. The van der Waals surface area contributed by atoms with Crippen molar-refractivity contribution < 1.29 is 13.9 Å². The molecule has 0 aliphatic carbocycles. The van der Waals surface area contributed by atoms with Gasteiger partial charge in [0, 0.05) is 18.0 Å². The molecule has 0 spiro atoms. The molecule has 0 bridgehead atoms. The molecule has 1 heterocycles. The molecule has 0 radical (unpaired) electrons. The van der Waals surface area contributed by atoms with Crippen LogP contribution in [-0.2, 0) is 12.8 Å². The second kappa shape index (κ2) is 15.9. The maximum absolute atomic E-state index is 14.4. The van der Waals surface area contributed by atoms with E-state index in [1.165, 1.54) is 57.1 Å². The minimum absolute atomic E-state index is 0.0521. The van der Waals surface area contributed by atoms with E-state index < -0.39 is 11.8 Å². The zero-order valence-corrected chi connectivity index (χ0v) is 22.5. The van der Waals surface area contributed by atoms with Crippen molar-refractivity contribution in [3.05, 3.63) is 77.4 Å². The average Bonchev–Trinajstić information content (AvgIpc) is 2.92. The molecule has 0 unspecified atom stereocenters. The highest BCUT2D eigenvalue weighted by Gasteiger charge is 2.13. The number of rotatable bonds is 16. The van der Waals surface area contributed by atoms with Gasteiger partial charge in [0.05, 0.1) is 5.56 Å². The first kappa shape index (κ1) is 28.5. The number of hydrogen-bond acceptors (Lipinski definition) is 4. The van der Waals surface area contributed by atoms with E-state index in [9.17, 15) is 9.18 Å². The van der Waals surface area contributed by atoms with Gasteiger partial charge in [-0.05, 0) is 61.1 Å². The summed E-state index contributed by atoms with van der Waals surface area (Å²) >= 11 is 0. The maximum Gasteiger partial charge on any atom is 0.343 e. The third kappa shape index (κ3) is 9.71. The minimum atomic E-state index is -0.592. The fourth-order valence-corrected chi connectivity index (χ4v) is 4.37. The van der Waals surface area contributed by atoms with Crippen molar-refractivity contribution in [3.63, 3.8) is 0 Å². The van der Waals surface area contributed by atoms with Gasteiger partial charge in [0.2, 0.25) is 0 Å². The Bertz CT molecular complexity index is 1080. The number of esters is 1. The molecule has 2 aromatic carbocycles. The lowest BCUT2D eigenvalue weighted by molar-refractivity contribution is 0.0728. The molecule has 5 heteroatoms. The third-order valence-corrected chi connectivity index (χ3v) is 6.67. The van der Waals surface area contributed by atoms with Gasteiger partial charge in [0.25, 0.3) is 0 Å². The maximum atomic E-state index is 14.4. The van der Waals surface area contributed by atoms with Gasteiger partial charge >= 0.3 is 5.97 Å². The van der Waals surface area contributed by atoms with Crippen molar-refractivity contribution >= 4 is 5.97 Å². The van der Waals surface area contributed by atoms with Crippen molar-refractivity contribution in [2.24, 2.45) is 0 Å². The molecule has 0 fully saturated rings. The Balaban J connectivity index is 1.47. The first-order valence-corrected chi connectivity index (χ1v) is 14.0. The Morgan fingerprint density at radius 2 is 1.30 bits per heavy atom. The van der Waals surface area contributed by atoms with Crippen LogP contribution in [0.3, 0.4) is 0 Å². The summed E-state index contributed by atoms with van der Waals surface area (Å²) in [7, 11) is 0. The number of aryl methyl sites for hydroxylation is 2. The first-order chi connectivity index (χ1) is 18.1. The van der Waals surface area contributed by atoms with Gasteiger partial charge in [-0.3, -0.25) is 0 Å². The van der Waals surface area contributed by atoms with E-state index in [1.54, 1.807) is 24.3 Å². The molecule has 3 rings (SSSR count). The molecule has 0 saturated heterocycles. The highest BCUT2D eigenvalue weighted by molar-refractivity contribution is 5.91. The van der Waals surface area contributed by atoms with Gasteiger partial charge in [0.15, 0.2) is 17.4 Å². The van der Waals surface area contributed by atoms with E-state index in [0.29, 0.717) is 11.4 Å². The number of nitrogens with zero attached hydrogens (tertiary/aromatic N) is 2. The summed E-state index contributed by atoms with van der Waals surface area (Å²) in [5, 5.41) is 0. The number of unbranched alkanes of at least 4 members (excludes halogenated alkanes) is 9. The number of carbonyl (C=O) groups is 1. The lowest BCUT2D eigenvalue weighted by Crippen LogP contribution is -2.09. The predicted octanol–water partition coefficient (Wildman–Crippen LogP) is 8.92. The molecule has 198 valence electrons. The Kier molecular flexibility index (Phi) is 12.2. The number of ether oxygens (including phenoxy) is 1. The highest BCUT2D eigenvalue weighted by atomic mass is 19.1. The van der Waals surface area contributed by atoms with Crippen molar-refractivity contribution in [3.8, 4) is 17.1 Å². The number of hydrogen-bond donors (Lipinski definition) is 0. The number of carbonyl (C=O) groups excluding carboxylic acids is 1. The van der Waals surface area contributed by atoms with Crippen LogP contribution < -0.4 is 4.74 Å². The Morgan fingerprint density at radius 1 is 0.730 bits per heavy atom. The highest BCUT2D eigenvalue weighted by Crippen LogP contribution is 2.22. The number of benzene rings is 2. The Morgan fingerprint density at radius 3 is 1.95 bits per heavy atom. The molecule has 1 aromatic heterocycles. The molecule has 0 saturated carbocycles. The van der Waals surface area contributed by atoms with Crippen LogP contribution >= 0.6 is 0 Å². The van der Waals surface area contributed by atoms with E-state index in [0.717, 1.165) is 55.2 Å². The van der Waals surface area contributed by atoms with Gasteiger partial charge in [-0.15, -0.1) is 0 Å². The molecule has 0 atom stereocenters. The molecule has 37 heavy (non-hydrogen) atoms. The van der Waals surface area contributed by atoms with E-state index in [-0.39, 0.29) is 5.75 Å². The molecule has 3 aromatic rings. The second-order valence-electron chi connectivity index (χ2n) is 9.83. The third-order valence-electron chi connectivity index (χ3n) is 6.67. The van der Waals surface area contributed by atoms with Gasteiger partial charge in [-0.25, -0.2) is 19.2 Å². The van der Waals surface area contributed by atoms with Crippen LogP contribution in [0.25, 0.3) is 11.4 Å². The summed E-state index contributed by atoms with van der Waals surface area (Å²) < 4.78 is 19.7. The zero-order chi connectivity index (χ0) is 26.3. The van der Waals surface area contributed by atoms with Crippen LogP contribution in [0.2, 0.25) is 0 Å². The summed E-state index contributed by atoms with van der Waals surface area (Å²) in [6, 6.07) is 11.7. The zero-order valence-electron chi connectivity index (χ0n) is 22.5. The van der Waals surface area contributed by atoms with Crippen LogP contribution in [-0.4, -0.2) is 15.9 Å². The molecule has 4 nitrogen and oxygen atoms in total. The summed E-state index contributed by atoms with van der Waals surface area (Å²) in [6.45, 7) is 4.38. The second-order valence-corrected chi connectivity index (χ2v) is 9.83. The van der Waals surface area contributed by atoms with Crippen LogP contribution in [0.4, 0.5) is 4.39 Å². The fraction of sp³-hybridized carbons (Fsp3) is 0.469. The van der Waals surface area contributed by atoms with Crippen LogP contribution in [0.1, 0.15) is 106 Å². The lowest BCUT2D eigenvalue weighted by Gasteiger charge is -2.08. The standard InChI is InChI=1S/C32H41FN2O2/c1-3-5-7-8-9-10-11-13-15-26-23-34-31(35-24-26)27-17-19-28(20-18-27)32(36)37-30-21-16-25(22-29(30)33)14-12-6-4-2/h16-24H,3-15H2,1-2H3. The molecule has 0 aliphatic rings. The molecular weight excluding hydrogens is 463 g/mol. The van der Waals surface area contributed by atoms with Crippen molar-refractivity contribution in [2.45, 2.75) is 97.3 Å². The van der Waals surface area contributed by atoms with Gasteiger partial charge < -0.3 is 4.74 Å². The Labute approximate surface area is 221 Å². The van der Waals surface area contributed by atoms with Crippen LogP contribution in [0.5, 0.6) is 5.75 Å². The Hall–Kier alpha value is -3.08. The summed E-state index contributed by atoms with van der Waals surface area (Å²) in [5.41, 5.74) is 3.23. The number of aromatic nitrogens is 2. The predicted molar refractivity (Wildman–Crippen MR) is 148 cm³/mol. The smallest absolute Gasteiger partial charge is 0.343 e. The summed E-state index contributed by atoms with van der Waals surface area (Å²) in [5.74, 6) is -0.543. The molecule has 0 amide bonds. The van der Waals surface area contributed by atoms with E-state index in [2.05, 4.69) is 23.8 Å². The molecular formula is C32H41FN2O2. The summed E-state index contributed by atoms with van der Waals surface area (Å²) in [4.78, 5) is 21.6. The normalized spacial score (nSPS) is 11.0. The number of halogens is 1. The van der Waals surface area contributed by atoms with Gasteiger partial charge in [-0.2, -0.15) is 0 Å². The SMILES string of the molecule is CCCCCCCCCCc1cnc(-c2ccc(C(=O)Oc3ccc(CCCCC)cc3F)cc2)nc1. The fourth-order valence-electron chi connectivity index (χ4n) is 4.37. The van der Waals surface area contributed by atoms with E-state index >= 15 is 0 Å². The summed E-state index contributed by atoms with van der Waals surface area (Å²) in [6.07, 6.45) is 19.3. The van der Waals surface area contributed by atoms with Gasteiger partial charge in [-0.1, -0.05) is 89.8 Å². The van der Waals surface area contributed by atoms with Crippen LogP contribution in [0, 0.1) is 5.82 Å². The molecule has 0 N–H and O–H groups in total. The van der Waals surface area contributed by atoms with Crippen molar-refractivity contribution in [2.75, 3.05) is 0 Å². The van der Waals surface area contributed by atoms with E-state index in [4.69, 9.17) is 4.74 Å². The molecule has 0 aliphatic heterocycles. The van der Waals surface area contributed by atoms with Gasteiger partial charge in [0.1, 0.15) is 0 Å². The minimum Gasteiger partial charge on any atom is -0.420 e. The van der Waals surface area contributed by atoms with E-state index in [1.807, 2.05) is 18.5 Å².